The van der Waals surface area contributed by atoms with Gasteiger partial charge in [-0.05, 0) is 62.7 Å². The third kappa shape index (κ3) is 2.39. The zero-order chi connectivity index (χ0) is 17.7. The quantitative estimate of drug-likeness (QED) is 0.612. The molecule has 1 N–H and O–H groups in total. The maximum atomic E-state index is 11.8. The van der Waals surface area contributed by atoms with Gasteiger partial charge in [0.1, 0.15) is 0 Å². The Labute approximate surface area is 150 Å². The Morgan fingerprint density at radius 2 is 2.12 bits per heavy atom. The fourth-order valence-electron chi connectivity index (χ4n) is 7.25. The lowest BCUT2D eigenvalue weighted by atomic mass is 9.45. The molecule has 4 aliphatic carbocycles. The molecule has 4 rings (SSSR count). The molecule has 0 amide bonds. The molecule has 0 aromatic heterocycles. The van der Waals surface area contributed by atoms with E-state index in [2.05, 4.69) is 13.0 Å². The molecule has 3 fully saturated rings. The summed E-state index contributed by atoms with van der Waals surface area (Å²) < 4.78 is 5.38. The Balaban J connectivity index is 1.67. The van der Waals surface area contributed by atoms with Gasteiger partial charge in [0.2, 0.25) is 0 Å². The molecule has 0 spiro atoms. The normalized spacial score (nSPS) is 45.6. The molecule has 0 aromatic carbocycles. The highest BCUT2D eigenvalue weighted by Crippen LogP contribution is 2.66. The van der Waals surface area contributed by atoms with Crippen molar-refractivity contribution in [3.63, 3.8) is 0 Å². The Hall–Kier alpha value is -1.32. The largest absolute Gasteiger partial charge is 0.481 e. The summed E-state index contributed by atoms with van der Waals surface area (Å²) in [6.07, 6.45) is 12.3. The van der Waals surface area contributed by atoms with Gasteiger partial charge in [-0.25, -0.2) is 0 Å². The van der Waals surface area contributed by atoms with Crippen molar-refractivity contribution in [1.82, 2.24) is 0 Å². The maximum Gasteiger partial charge on any atom is 0.307 e. The van der Waals surface area contributed by atoms with Gasteiger partial charge < -0.3 is 9.84 Å². The van der Waals surface area contributed by atoms with Gasteiger partial charge in [0.05, 0.1) is 12.5 Å². The van der Waals surface area contributed by atoms with Crippen LogP contribution in [0.1, 0.15) is 64.7 Å². The number of carboxylic acids is 1. The summed E-state index contributed by atoms with van der Waals surface area (Å²) in [6.45, 7) is 3.36. The molecule has 4 nitrogen and oxygen atoms in total. The van der Waals surface area contributed by atoms with Gasteiger partial charge >= 0.3 is 5.97 Å². The first kappa shape index (κ1) is 17.1. The summed E-state index contributed by atoms with van der Waals surface area (Å²) >= 11 is 0. The minimum Gasteiger partial charge on any atom is -0.481 e. The SMILES string of the molecule is C[C@]12CC[C@@H]3[C@@H](CCC4CCCC[C@@]43COC=O)C1=CCC2C(=O)O. The van der Waals surface area contributed by atoms with Crippen molar-refractivity contribution in [3.05, 3.63) is 11.6 Å². The molecular formula is C21H30O4. The first-order valence-corrected chi connectivity index (χ1v) is 10.0. The third-order valence-corrected chi connectivity index (χ3v) is 8.40. The summed E-state index contributed by atoms with van der Waals surface area (Å²) in [5.74, 6) is 0.822. The zero-order valence-electron chi connectivity index (χ0n) is 15.2. The topological polar surface area (TPSA) is 63.6 Å². The average Bonchev–Trinajstić information content (AvgIpc) is 2.97. The Kier molecular flexibility index (Phi) is 4.20. The lowest BCUT2D eigenvalue weighted by molar-refractivity contribution is -0.151. The Morgan fingerprint density at radius 1 is 1.28 bits per heavy atom. The second-order valence-electron chi connectivity index (χ2n) is 9.12. The lowest BCUT2D eigenvalue weighted by Crippen LogP contribution is -2.54. The van der Waals surface area contributed by atoms with Crippen LogP contribution in [0, 0.1) is 34.5 Å². The molecule has 6 atom stereocenters. The molecule has 0 heterocycles. The van der Waals surface area contributed by atoms with Gasteiger partial charge in [0.25, 0.3) is 6.47 Å². The number of aliphatic carboxylic acids is 1. The first-order valence-electron chi connectivity index (χ1n) is 10.0. The van der Waals surface area contributed by atoms with E-state index in [0.29, 0.717) is 37.3 Å². The smallest absolute Gasteiger partial charge is 0.307 e. The number of hydrogen-bond acceptors (Lipinski definition) is 3. The van der Waals surface area contributed by atoms with Gasteiger partial charge in [0, 0.05) is 10.8 Å². The minimum atomic E-state index is -0.641. The molecule has 0 bridgehead atoms. The van der Waals surface area contributed by atoms with E-state index in [-0.39, 0.29) is 16.7 Å². The van der Waals surface area contributed by atoms with Crippen LogP contribution in [0.5, 0.6) is 0 Å². The number of fused-ring (bicyclic) bond motifs is 5. The predicted octanol–water partition coefficient (Wildman–Crippen LogP) is 4.19. The molecule has 138 valence electrons. The van der Waals surface area contributed by atoms with Crippen LogP contribution in [0.25, 0.3) is 0 Å². The van der Waals surface area contributed by atoms with E-state index in [4.69, 9.17) is 4.74 Å². The van der Waals surface area contributed by atoms with E-state index in [1.54, 1.807) is 0 Å². The zero-order valence-corrected chi connectivity index (χ0v) is 15.2. The second kappa shape index (κ2) is 6.14. The van der Waals surface area contributed by atoms with E-state index in [1.807, 2.05) is 0 Å². The highest BCUT2D eigenvalue weighted by molar-refractivity contribution is 5.73. The lowest BCUT2D eigenvalue weighted by Gasteiger charge is -2.59. The number of rotatable bonds is 4. The Morgan fingerprint density at radius 3 is 2.88 bits per heavy atom. The highest BCUT2D eigenvalue weighted by atomic mass is 16.5. The number of ether oxygens (including phenoxy) is 1. The van der Waals surface area contributed by atoms with E-state index in [9.17, 15) is 14.7 Å². The number of carbonyl (C=O) groups excluding carboxylic acids is 1. The van der Waals surface area contributed by atoms with Gasteiger partial charge in [-0.2, -0.15) is 0 Å². The number of carbonyl (C=O) groups is 2. The number of carboxylic acid groups (broad SMARTS) is 1. The van der Waals surface area contributed by atoms with Crippen LogP contribution in [0.15, 0.2) is 11.6 Å². The van der Waals surface area contributed by atoms with Crippen molar-refractivity contribution in [3.8, 4) is 0 Å². The van der Waals surface area contributed by atoms with Crippen LogP contribution in [0.2, 0.25) is 0 Å². The highest BCUT2D eigenvalue weighted by Gasteiger charge is 2.59. The average molecular weight is 346 g/mol. The van der Waals surface area contributed by atoms with Gasteiger partial charge in [-0.1, -0.05) is 31.4 Å². The maximum absolute atomic E-state index is 11.8. The molecule has 0 aliphatic heterocycles. The van der Waals surface area contributed by atoms with Crippen molar-refractivity contribution < 1.29 is 19.4 Å². The molecule has 2 unspecified atom stereocenters. The summed E-state index contributed by atoms with van der Waals surface area (Å²) in [7, 11) is 0. The van der Waals surface area contributed by atoms with Crippen molar-refractivity contribution in [1.29, 1.82) is 0 Å². The fourth-order valence-corrected chi connectivity index (χ4v) is 7.25. The first-order chi connectivity index (χ1) is 12.0. The summed E-state index contributed by atoms with van der Waals surface area (Å²) in [5, 5.41) is 9.68. The van der Waals surface area contributed by atoms with E-state index in [0.717, 1.165) is 12.8 Å². The number of allylic oxidation sites excluding steroid dienone is 2. The molecule has 4 aliphatic rings. The molecule has 0 radical (unpaired) electrons. The van der Waals surface area contributed by atoms with Gasteiger partial charge in [-0.3, -0.25) is 9.59 Å². The van der Waals surface area contributed by atoms with Crippen LogP contribution in [-0.2, 0) is 14.3 Å². The molecule has 3 saturated carbocycles. The van der Waals surface area contributed by atoms with E-state index in [1.165, 1.54) is 44.1 Å². The third-order valence-electron chi connectivity index (χ3n) is 8.40. The minimum absolute atomic E-state index is 0.131. The summed E-state index contributed by atoms with van der Waals surface area (Å²) in [5.41, 5.74) is 1.39. The molecule has 25 heavy (non-hydrogen) atoms. The molecule has 0 aromatic rings. The molecule has 4 heteroatoms. The van der Waals surface area contributed by atoms with Crippen molar-refractivity contribution in [2.45, 2.75) is 64.7 Å². The van der Waals surface area contributed by atoms with E-state index >= 15 is 0 Å². The van der Waals surface area contributed by atoms with Crippen molar-refractivity contribution in [2.24, 2.45) is 34.5 Å². The Bertz CT molecular complexity index is 597. The van der Waals surface area contributed by atoms with Crippen LogP contribution >= 0.6 is 0 Å². The molecular weight excluding hydrogens is 316 g/mol. The fraction of sp³-hybridized carbons (Fsp3) is 0.810. The summed E-state index contributed by atoms with van der Waals surface area (Å²) in [4.78, 5) is 22.7. The molecule has 0 saturated heterocycles. The van der Waals surface area contributed by atoms with Gasteiger partial charge in [0.15, 0.2) is 0 Å². The number of hydrogen-bond donors (Lipinski definition) is 1. The second-order valence-corrected chi connectivity index (χ2v) is 9.12. The van der Waals surface area contributed by atoms with Crippen LogP contribution in [0.4, 0.5) is 0 Å². The van der Waals surface area contributed by atoms with E-state index < -0.39 is 5.97 Å². The van der Waals surface area contributed by atoms with Crippen molar-refractivity contribution in [2.75, 3.05) is 6.61 Å². The van der Waals surface area contributed by atoms with Crippen LogP contribution < -0.4 is 0 Å². The van der Waals surface area contributed by atoms with Crippen LogP contribution in [0.3, 0.4) is 0 Å². The predicted molar refractivity (Wildman–Crippen MR) is 93.8 cm³/mol. The standard InChI is InChI=1S/C21H30O4/c1-20-11-9-17-15(16(20)7-8-18(20)19(23)24)6-5-14-4-2-3-10-21(14,17)12-25-13-22/h7,13-15,17-18H,2-6,8-12H2,1H3,(H,23,24)/t14?,15-,17+,18?,20-,21+/m0/s1. The monoisotopic (exact) mass is 346 g/mol. The van der Waals surface area contributed by atoms with Gasteiger partial charge in [-0.15, -0.1) is 0 Å². The van der Waals surface area contributed by atoms with Crippen LogP contribution in [-0.4, -0.2) is 24.2 Å². The summed E-state index contributed by atoms with van der Waals surface area (Å²) in [6, 6.07) is 0. The van der Waals surface area contributed by atoms with Crippen molar-refractivity contribution >= 4 is 12.4 Å².